The molecule has 128 valence electrons. The van der Waals surface area contributed by atoms with Crippen LogP contribution in [0.25, 0.3) is 11.5 Å². The molecule has 6 nitrogen and oxygen atoms in total. The van der Waals surface area contributed by atoms with Gasteiger partial charge in [-0.25, -0.2) is 0 Å². The van der Waals surface area contributed by atoms with Crippen LogP contribution >= 0.6 is 0 Å². The number of aryl methyl sites for hydroxylation is 1. The Balaban J connectivity index is 1.60. The summed E-state index contributed by atoms with van der Waals surface area (Å²) in [6, 6.07) is 7.01. The second-order valence-electron chi connectivity index (χ2n) is 6.52. The maximum absolute atomic E-state index is 12.3. The summed E-state index contributed by atoms with van der Waals surface area (Å²) >= 11 is 0. The molecule has 1 aliphatic carbocycles. The molecule has 0 spiro atoms. The minimum atomic E-state index is -0.770. The van der Waals surface area contributed by atoms with Gasteiger partial charge in [0.25, 0.3) is 5.91 Å². The fraction of sp³-hybridized carbons (Fsp3) is 0.500. The Hall–Kier alpha value is -2.21. The van der Waals surface area contributed by atoms with E-state index in [0.29, 0.717) is 23.9 Å². The van der Waals surface area contributed by atoms with E-state index in [0.717, 1.165) is 44.1 Å². The van der Waals surface area contributed by atoms with E-state index in [1.807, 2.05) is 0 Å². The number of benzene rings is 1. The maximum Gasteiger partial charge on any atom is 0.251 e. The summed E-state index contributed by atoms with van der Waals surface area (Å²) < 4.78 is 5.37. The van der Waals surface area contributed by atoms with E-state index in [-0.39, 0.29) is 5.91 Å². The highest BCUT2D eigenvalue weighted by Crippen LogP contribution is 2.26. The number of nitrogens with one attached hydrogen (secondary N) is 1. The van der Waals surface area contributed by atoms with Gasteiger partial charge < -0.3 is 14.8 Å². The summed E-state index contributed by atoms with van der Waals surface area (Å²) in [4.78, 5) is 12.3. The minimum Gasteiger partial charge on any atom is -0.421 e. The average Bonchev–Trinajstić information content (AvgIpc) is 2.90. The summed E-state index contributed by atoms with van der Waals surface area (Å²) in [6.07, 6.45) is 5.86. The van der Waals surface area contributed by atoms with Crippen molar-refractivity contribution in [1.29, 1.82) is 0 Å². The lowest BCUT2D eigenvalue weighted by Gasteiger charge is -2.26. The largest absolute Gasteiger partial charge is 0.421 e. The molecular weight excluding hydrogens is 306 g/mol. The summed E-state index contributed by atoms with van der Waals surface area (Å²) in [5, 5.41) is 21.2. The van der Waals surface area contributed by atoms with Crippen LogP contribution in [0.15, 0.2) is 28.7 Å². The zero-order valence-corrected chi connectivity index (χ0v) is 13.9. The van der Waals surface area contributed by atoms with Gasteiger partial charge in [0, 0.05) is 24.6 Å². The number of nitrogens with zero attached hydrogens (tertiary/aromatic N) is 2. The number of aromatic nitrogens is 2. The van der Waals surface area contributed by atoms with Crippen LogP contribution < -0.4 is 5.32 Å². The number of amides is 1. The van der Waals surface area contributed by atoms with Gasteiger partial charge in [0.2, 0.25) is 11.8 Å². The molecule has 1 fully saturated rings. The third kappa shape index (κ3) is 4.00. The average molecular weight is 329 g/mol. The third-order valence-corrected chi connectivity index (χ3v) is 4.53. The predicted molar refractivity (Wildman–Crippen MR) is 89.5 cm³/mol. The lowest BCUT2D eigenvalue weighted by molar-refractivity contribution is 0.0246. The number of hydrogen-bond donors (Lipinski definition) is 2. The van der Waals surface area contributed by atoms with Crippen molar-refractivity contribution in [3.63, 3.8) is 0 Å². The summed E-state index contributed by atoms with van der Waals surface area (Å²) in [5.41, 5.74) is 0.551. The van der Waals surface area contributed by atoms with Crippen molar-refractivity contribution < 1.29 is 14.3 Å². The second kappa shape index (κ2) is 7.13. The molecule has 0 radical (unpaired) electrons. The van der Waals surface area contributed by atoms with E-state index < -0.39 is 5.60 Å². The minimum absolute atomic E-state index is 0.180. The van der Waals surface area contributed by atoms with Crippen LogP contribution in [-0.2, 0) is 0 Å². The summed E-state index contributed by atoms with van der Waals surface area (Å²) in [5.74, 6) is 0.761. The molecule has 0 atom stereocenters. The van der Waals surface area contributed by atoms with Crippen molar-refractivity contribution in [2.24, 2.45) is 0 Å². The molecule has 0 saturated heterocycles. The van der Waals surface area contributed by atoms with Crippen molar-refractivity contribution in [3.8, 4) is 11.5 Å². The molecule has 6 heteroatoms. The first-order chi connectivity index (χ1) is 11.6. The monoisotopic (exact) mass is 329 g/mol. The molecule has 2 aromatic rings. The number of hydrogen-bond acceptors (Lipinski definition) is 5. The lowest BCUT2D eigenvalue weighted by atomic mass is 9.94. The van der Waals surface area contributed by atoms with Crippen LogP contribution in [0.1, 0.15) is 54.8 Å². The second-order valence-corrected chi connectivity index (χ2v) is 6.52. The van der Waals surface area contributed by atoms with E-state index in [2.05, 4.69) is 15.5 Å². The molecule has 1 saturated carbocycles. The van der Waals surface area contributed by atoms with Crippen molar-refractivity contribution >= 4 is 5.91 Å². The highest BCUT2D eigenvalue weighted by atomic mass is 16.4. The first kappa shape index (κ1) is 16.6. The molecule has 3 rings (SSSR count). The van der Waals surface area contributed by atoms with Gasteiger partial charge in [-0.05, 0) is 37.1 Å². The van der Waals surface area contributed by atoms with Gasteiger partial charge in [-0.1, -0.05) is 25.7 Å². The first-order valence-corrected chi connectivity index (χ1v) is 8.47. The van der Waals surface area contributed by atoms with Gasteiger partial charge in [-0.15, -0.1) is 10.2 Å². The van der Waals surface area contributed by atoms with Gasteiger partial charge >= 0.3 is 0 Å². The van der Waals surface area contributed by atoms with E-state index in [9.17, 15) is 9.90 Å². The van der Waals surface area contributed by atoms with Crippen LogP contribution in [0.3, 0.4) is 0 Å². The first-order valence-electron chi connectivity index (χ1n) is 8.47. The van der Waals surface area contributed by atoms with Crippen LogP contribution in [0, 0.1) is 6.92 Å². The number of rotatable bonds is 4. The molecule has 0 aliphatic heterocycles. The van der Waals surface area contributed by atoms with Crippen molar-refractivity contribution in [2.45, 2.75) is 51.0 Å². The predicted octanol–water partition coefficient (Wildman–Crippen LogP) is 2.86. The maximum atomic E-state index is 12.3. The van der Waals surface area contributed by atoms with Gasteiger partial charge in [0.15, 0.2) is 0 Å². The molecule has 1 aliphatic rings. The van der Waals surface area contributed by atoms with Crippen molar-refractivity contribution in [3.05, 3.63) is 35.7 Å². The molecule has 0 unspecified atom stereocenters. The Kier molecular flexibility index (Phi) is 4.94. The van der Waals surface area contributed by atoms with Gasteiger partial charge in [-0.2, -0.15) is 0 Å². The normalized spacial score (nSPS) is 17.2. The Morgan fingerprint density at radius 3 is 2.42 bits per heavy atom. The fourth-order valence-electron chi connectivity index (χ4n) is 3.09. The van der Waals surface area contributed by atoms with E-state index >= 15 is 0 Å². The Bertz CT molecular complexity index is 686. The molecule has 0 bridgehead atoms. The smallest absolute Gasteiger partial charge is 0.251 e. The quantitative estimate of drug-likeness (QED) is 0.842. The van der Waals surface area contributed by atoms with Crippen molar-refractivity contribution in [2.75, 3.05) is 6.54 Å². The Labute approximate surface area is 141 Å². The van der Waals surface area contributed by atoms with Gasteiger partial charge in [-0.3, -0.25) is 4.79 Å². The molecular formula is C18H23N3O3. The standard InChI is InChI=1S/C18H23N3O3/c1-13-20-21-17(24-13)15-8-6-14(7-9-15)16(22)19-12-18(23)10-4-2-3-5-11-18/h6-9,23H,2-5,10-12H2,1H3,(H,19,22). The highest BCUT2D eigenvalue weighted by molar-refractivity contribution is 5.94. The van der Waals surface area contributed by atoms with Crippen LogP contribution in [0.2, 0.25) is 0 Å². The topological polar surface area (TPSA) is 88.2 Å². The van der Waals surface area contributed by atoms with Gasteiger partial charge in [0.1, 0.15) is 0 Å². The lowest BCUT2D eigenvalue weighted by Crippen LogP contribution is -2.42. The zero-order valence-electron chi connectivity index (χ0n) is 13.9. The van der Waals surface area contributed by atoms with Crippen LogP contribution in [-0.4, -0.2) is 33.4 Å². The number of carbonyl (C=O) groups excluding carboxylic acids is 1. The highest BCUT2D eigenvalue weighted by Gasteiger charge is 2.28. The Morgan fingerprint density at radius 1 is 1.17 bits per heavy atom. The van der Waals surface area contributed by atoms with Gasteiger partial charge in [0.05, 0.1) is 5.60 Å². The SMILES string of the molecule is Cc1nnc(-c2ccc(C(=O)NCC3(O)CCCCCC3)cc2)o1. The molecule has 1 amide bonds. The summed E-state index contributed by atoms with van der Waals surface area (Å²) in [7, 11) is 0. The third-order valence-electron chi connectivity index (χ3n) is 4.53. The molecule has 1 aromatic carbocycles. The molecule has 1 aromatic heterocycles. The van der Waals surface area contributed by atoms with E-state index in [1.54, 1.807) is 31.2 Å². The molecule has 24 heavy (non-hydrogen) atoms. The molecule has 2 N–H and O–H groups in total. The van der Waals surface area contributed by atoms with E-state index in [4.69, 9.17) is 4.42 Å². The van der Waals surface area contributed by atoms with E-state index in [1.165, 1.54) is 0 Å². The number of aliphatic hydroxyl groups is 1. The Morgan fingerprint density at radius 2 is 1.83 bits per heavy atom. The zero-order chi connectivity index (χ0) is 17.0. The summed E-state index contributed by atoms with van der Waals surface area (Å²) in [6.45, 7) is 2.03. The van der Waals surface area contributed by atoms with Crippen LogP contribution in [0.4, 0.5) is 0 Å². The fourth-order valence-corrected chi connectivity index (χ4v) is 3.09. The van der Waals surface area contributed by atoms with Crippen molar-refractivity contribution in [1.82, 2.24) is 15.5 Å². The van der Waals surface area contributed by atoms with Crippen LogP contribution in [0.5, 0.6) is 0 Å². The molecule has 1 heterocycles. The number of carbonyl (C=O) groups is 1.